The minimum Gasteiger partial charge on any atom is -0.385 e. The third-order valence-corrected chi connectivity index (χ3v) is 2.54. The molecule has 92 valence electrons. The van der Waals surface area contributed by atoms with Gasteiger partial charge >= 0.3 is 0 Å². The van der Waals surface area contributed by atoms with E-state index in [0.717, 1.165) is 24.7 Å². The first-order valence-electron chi connectivity index (χ1n) is 5.85. The number of nitrogens with one attached hydrogen (secondary N) is 1. The Morgan fingerprint density at radius 3 is 2.69 bits per heavy atom. The number of rotatable bonds is 6. The van der Waals surface area contributed by atoms with Gasteiger partial charge in [-0.3, -0.25) is 0 Å². The molecule has 0 radical (unpaired) electrons. The van der Waals surface area contributed by atoms with Gasteiger partial charge in [-0.05, 0) is 34.1 Å². The van der Waals surface area contributed by atoms with Crippen LogP contribution in [0.25, 0.3) is 0 Å². The van der Waals surface area contributed by atoms with Crippen molar-refractivity contribution in [1.29, 1.82) is 0 Å². The Labute approximate surface area is 98.0 Å². The number of aromatic nitrogens is 2. The molecule has 4 nitrogen and oxygen atoms in total. The molecule has 1 aromatic heterocycles. The number of hydrogen-bond acceptors (Lipinski definition) is 3. The Bertz CT molecular complexity index is 320. The van der Waals surface area contributed by atoms with Gasteiger partial charge in [0.25, 0.3) is 0 Å². The Kier molecular flexibility index (Phi) is 4.80. The molecule has 1 unspecified atom stereocenters. The van der Waals surface area contributed by atoms with Gasteiger partial charge in [0.1, 0.15) is 0 Å². The smallest absolute Gasteiger partial charge is 0.203 e. The van der Waals surface area contributed by atoms with E-state index in [1.54, 1.807) is 7.11 Å². The molecule has 0 fully saturated rings. The number of imidazole rings is 1. The predicted molar refractivity (Wildman–Crippen MR) is 66.9 cm³/mol. The maximum Gasteiger partial charge on any atom is 0.203 e. The summed E-state index contributed by atoms with van der Waals surface area (Å²) < 4.78 is 7.23. The molecule has 1 atom stereocenters. The fourth-order valence-corrected chi connectivity index (χ4v) is 1.60. The van der Waals surface area contributed by atoms with Gasteiger partial charge < -0.3 is 14.6 Å². The summed E-state index contributed by atoms with van der Waals surface area (Å²) >= 11 is 0. The number of nitrogens with zero attached hydrogens (tertiary/aromatic N) is 2. The summed E-state index contributed by atoms with van der Waals surface area (Å²) in [5.41, 5.74) is 1.05. The van der Waals surface area contributed by atoms with E-state index >= 15 is 0 Å². The van der Waals surface area contributed by atoms with Gasteiger partial charge in [0.05, 0.1) is 5.69 Å². The first-order chi connectivity index (χ1) is 7.54. The van der Waals surface area contributed by atoms with Gasteiger partial charge in [-0.2, -0.15) is 0 Å². The van der Waals surface area contributed by atoms with Crippen molar-refractivity contribution in [2.24, 2.45) is 0 Å². The van der Waals surface area contributed by atoms with E-state index in [1.165, 1.54) is 0 Å². The molecule has 0 aromatic carbocycles. The zero-order chi connectivity index (χ0) is 12.1. The van der Waals surface area contributed by atoms with Crippen LogP contribution in [0.2, 0.25) is 0 Å². The fraction of sp³-hybridized carbons (Fsp3) is 0.750. The van der Waals surface area contributed by atoms with Crippen molar-refractivity contribution >= 4 is 5.95 Å². The first-order valence-corrected chi connectivity index (χ1v) is 5.85. The summed E-state index contributed by atoms with van der Waals surface area (Å²) in [6.07, 6.45) is 3.07. The van der Waals surface area contributed by atoms with E-state index in [1.807, 2.05) is 6.92 Å². The van der Waals surface area contributed by atoms with Crippen molar-refractivity contribution in [2.75, 3.05) is 19.0 Å². The third kappa shape index (κ3) is 3.52. The summed E-state index contributed by atoms with van der Waals surface area (Å²) in [6, 6.07) is 0.803. The van der Waals surface area contributed by atoms with Crippen LogP contribution in [0.3, 0.4) is 0 Å². The molecule has 0 aliphatic rings. The molecule has 1 N–H and O–H groups in total. The average molecular weight is 225 g/mol. The van der Waals surface area contributed by atoms with Crippen LogP contribution in [0.5, 0.6) is 0 Å². The van der Waals surface area contributed by atoms with Crippen molar-refractivity contribution in [3.8, 4) is 0 Å². The van der Waals surface area contributed by atoms with Crippen LogP contribution in [-0.2, 0) is 4.74 Å². The van der Waals surface area contributed by atoms with Crippen LogP contribution >= 0.6 is 0 Å². The molecule has 16 heavy (non-hydrogen) atoms. The number of anilines is 1. The maximum atomic E-state index is 5.07. The van der Waals surface area contributed by atoms with E-state index < -0.39 is 0 Å². The molecule has 0 saturated carbocycles. The lowest BCUT2D eigenvalue weighted by atomic mass is 10.2. The lowest BCUT2D eigenvalue weighted by Crippen LogP contribution is -2.20. The van der Waals surface area contributed by atoms with Gasteiger partial charge in [0.15, 0.2) is 0 Å². The van der Waals surface area contributed by atoms with E-state index in [2.05, 4.69) is 41.8 Å². The Balaban J connectivity index is 2.65. The highest BCUT2D eigenvalue weighted by Crippen LogP contribution is 2.16. The van der Waals surface area contributed by atoms with E-state index in [0.29, 0.717) is 12.1 Å². The fourth-order valence-electron chi connectivity index (χ4n) is 1.60. The second-order valence-electron chi connectivity index (χ2n) is 4.53. The molecule has 0 aliphatic carbocycles. The number of aryl methyl sites for hydroxylation is 1. The molecular formula is C12H23N3O. The lowest BCUT2D eigenvalue weighted by Gasteiger charge is -2.17. The standard InChI is InChI=1S/C12H23N3O/c1-9(2)15-8-11(4)14-12(15)13-10(3)6-7-16-5/h8-10H,6-7H2,1-5H3,(H,13,14). The molecule has 1 heterocycles. The lowest BCUT2D eigenvalue weighted by molar-refractivity contribution is 0.191. The van der Waals surface area contributed by atoms with Crippen LogP contribution in [0.15, 0.2) is 6.20 Å². The van der Waals surface area contributed by atoms with Crippen molar-refractivity contribution in [3.63, 3.8) is 0 Å². The third-order valence-electron chi connectivity index (χ3n) is 2.54. The number of hydrogen-bond donors (Lipinski definition) is 1. The van der Waals surface area contributed by atoms with Gasteiger partial charge in [-0.15, -0.1) is 0 Å². The zero-order valence-electron chi connectivity index (χ0n) is 10.9. The second kappa shape index (κ2) is 5.89. The van der Waals surface area contributed by atoms with Gasteiger partial charge in [-0.1, -0.05) is 0 Å². The molecule has 4 heteroatoms. The SMILES string of the molecule is COCCC(C)Nc1nc(C)cn1C(C)C. The number of ether oxygens (including phenoxy) is 1. The normalized spacial score (nSPS) is 13.1. The molecule has 0 saturated heterocycles. The van der Waals surface area contributed by atoms with E-state index in [9.17, 15) is 0 Å². The highest BCUT2D eigenvalue weighted by molar-refractivity contribution is 5.30. The average Bonchev–Trinajstić information content (AvgIpc) is 2.56. The van der Waals surface area contributed by atoms with Crippen molar-refractivity contribution in [2.45, 2.75) is 46.2 Å². The minimum absolute atomic E-state index is 0.374. The minimum atomic E-state index is 0.374. The number of methoxy groups -OCH3 is 1. The molecule has 0 aliphatic heterocycles. The monoisotopic (exact) mass is 225 g/mol. The summed E-state index contributed by atoms with van der Waals surface area (Å²) in [4.78, 5) is 4.49. The molecule has 0 bridgehead atoms. The summed E-state index contributed by atoms with van der Waals surface area (Å²) in [5.74, 6) is 0.955. The van der Waals surface area contributed by atoms with E-state index in [-0.39, 0.29) is 0 Å². The molecular weight excluding hydrogens is 202 g/mol. The largest absolute Gasteiger partial charge is 0.385 e. The van der Waals surface area contributed by atoms with Crippen LogP contribution < -0.4 is 5.32 Å². The Morgan fingerprint density at radius 2 is 2.12 bits per heavy atom. The Hall–Kier alpha value is -1.03. The molecule has 0 spiro atoms. The van der Waals surface area contributed by atoms with Gasteiger partial charge in [-0.25, -0.2) is 4.98 Å². The summed E-state index contributed by atoms with van der Waals surface area (Å²) in [5, 5.41) is 3.42. The molecule has 1 aromatic rings. The van der Waals surface area contributed by atoms with Gasteiger partial charge in [0.2, 0.25) is 5.95 Å². The molecule has 1 rings (SSSR count). The van der Waals surface area contributed by atoms with Crippen LogP contribution in [0.4, 0.5) is 5.95 Å². The van der Waals surface area contributed by atoms with Crippen LogP contribution in [0, 0.1) is 6.92 Å². The zero-order valence-corrected chi connectivity index (χ0v) is 10.9. The van der Waals surface area contributed by atoms with Crippen molar-refractivity contribution in [1.82, 2.24) is 9.55 Å². The predicted octanol–water partition coefficient (Wildman–Crippen LogP) is 2.61. The second-order valence-corrected chi connectivity index (χ2v) is 4.53. The highest BCUT2D eigenvalue weighted by Gasteiger charge is 2.10. The van der Waals surface area contributed by atoms with Crippen LogP contribution in [0.1, 0.15) is 38.9 Å². The summed E-state index contributed by atoms with van der Waals surface area (Å²) in [6.45, 7) is 9.26. The topological polar surface area (TPSA) is 39.1 Å². The summed E-state index contributed by atoms with van der Waals surface area (Å²) in [7, 11) is 1.73. The highest BCUT2D eigenvalue weighted by atomic mass is 16.5. The Morgan fingerprint density at radius 1 is 1.44 bits per heavy atom. The maximum absolute atomic E-state index is 5.07. The van der Waals surface area contributed by atoms with Gasteiger partial charge in [0, 0.05) is 32.0 Å². The quantitative estimate of drug-likeness (QED) is 0.809. The molecule has 0 amide bonds. The van der Waals surface area contributed by atoms with Crippen LogP contribution in [-0.4, -0.2) is 29.3 Å². The first kappa shape index (κ1) is 13.0. The van der Waals surface area contributed by atoms with E-state index in [4.69, 9.17) is 4.74 Å². The van der Waals surface area contributed by atoms with Crippen molar-refractivity contribution in [3.05, 3.63) is 11.9 Å². The van der Waals surface area contributed by atoms with Crippen molar-refractivity contribution < 1.29 is 4.74 Å².